The molecule has 0 radical (unpaired) electrons. The Kier molecular flexibility index (Phi) is 6.77. The molecule has 6 heteroatoms. The molecule has 0 spiro atoms. The summed E-state index contributed by atoms with van der Waals surface area (Å²) in [5.74, 6) is 1.22. The fourth-order valence-electron chi connectivity index (χ4n) is 3.16. The second kappa shape index (κ2) is 8.82. The average molecular weight is 320 g/mol. The number of rotatable bonds is 7. The lowest BCUT2D eigenvalue weighted by molar-refractivity contribution is -0.122. The highest BCUT2D eigenvalue weighted by atomic mass is 16.1. The van der Waals surface area contributed by atoms with Gasteiger partial charge in [0.1, 0.15) is 5.82 Å². The van der Waals surface area contributed by atoms with Gasteiger partial charge in [-0.1, -0.05) is 6.92 Å². The van der Waals surface area contributed by atoms with Crippen molar-refractivity contribution in [2.45, 2.75) is 46.0 Å². The number of hydrogen-bond donors (Lipinski definition) is 2. The van der Waals surface area contributed by atoms with E-state index in [1.165, 1.54) is 19.0 Å². The third-order valence-corrected chi connectivity index (χ3v) is 4.34. The van der Waals surface area contributed by atoms with Crippen LogP contribution in [0.1, 0.15) is 44.1 Å². The predicted molar refractivity (Wildman–Crippen MR) is 90.4 cm³/mol. The summed E-state index contributed by atoms with van der Waals surface area (Å²) in [5.41, 5.74) is 0.581. The fraction of sp³-hybridized carbons (Fsp3) is 0.706. The lowest BCUT2D eigenvalue weighted by atomic mass is 9.93. The van der Waals surface area contributed by atoms with Gasteiger partial charge < -0.3 is 15.2 Å². The fourth-order valence-corrected chi connectivity index (χ4v) is 3.16. The van der Waals surface area contributed by atoms with E-state index in [1.54, 1.807) is 6.92 Å². The van der Waals surface area contributed by atoms with Crippen LogP contribution in [0, 0.1) is 12.8 Å². The van der Waals surface area contributed by atoms with Crippen LogP contribution in [0.3, 0.4) is 0 Å². The van der Waals surface area contributed by atoms with Crippen molar-refractivity contribution >= 4 is 5.91 Å². The number of carbonyl (C=O) groups excluding carboxylic acids is 1. The summed E-state index contributed by atoms with van der Waals surface area (Å²) >= 11 is 0. The number of piperidine rings is 1. The maximum absolute atomic E-state index is 12.0. The highest BCUT2D eigenvalue weighted by Crippen LogP contribution is 2.20. The van der Waals surface area contributed by atoms with Gasteiger partial charge in [-0.2, -0.15) is 0 Å². The largest absolute Gasteiger partial charge is 0.356 e. The van der Waals surface area contributed by atoms with Crippen LogP contribution in [0.25, 0.3) is 0 Å². The maximum atomic E-state index is 12.0. The van der Waals surface area contributed by atoms with Crippen LogP contribution < -0.4 is 10.9 Å². The third-order valence-electron chi connectivity index (χ3n) is 4.34. The van der Waals surface area contributed by atoms with E-state index in [-0.39, 0.29) is 11.5 Å². The number of nitrogens with one attached hydrogen (secondary N) is 2. The monoisotopic (exact) mass is 320 g/mol. The van der Waals surface area contributed by atoms with Crippen molar-refractivity contribution in [1.29, 1.82) is 0 Å². The standard InChI is InChI=1S/C17H28N4O2/c1-3-8-21-9-5-14(6-10-21)11-16(22)18-7-4-15-12-17(23)20-13(2)19-15/h12,14H,3-11H2,1-2H3,(H,18,22)(H,19,20,23). The minimum atomic E-state index is -0.141. The van der Waals surface area contributed by atoms with Crippen molar-refractivity contribution in [2.75, 3.05) is 26.2 Å². The Morgan fingerprint density at radius 3 is 2.83 bits per heavy atom. The summed E-state index contributed by atoms with van der Waals surface area (Å²) in [4.78, 5) is 32.7. The number of amides is 1. The van der Waals surface area contributed by atoms with Crippen LogP contribution >= 0.6 is 0 Å². The molecule has 0 aromatic carbocycles. The number of aryl methyl sites for hydroxylation is 1. The minimum absolute atomic E-state index is 0.112. The van der Waals surface area contributed by atoms with Crippen molar-refractivity contribution < 1.29 is 4.79 Å². The van der Waals surface area contributed by atoms with Crippen LogP contribution in [-0.2, 0) is 11.2 Å². The number of nitrogens with zero attached hydrogens (tertiary/aromatic N) is 2. The minimum Gasteiger partial charge on any atom is -0.356 e. The third kappa shape index (κ3) is 6.14. The first-order valence-electron chi connectivity index (χ1n) is 8.62. The molecule has 1 aliphatic rings. The summed E-state index contributed by atoms with van der Waals surface area (Å²) in [7, 11) is 0. The van der Waals surface area contributed by atoms with Crippen LogP contribution in [0.2, 0.25) is 0 Å². The van der Waals surface area contributed by atoms with E-state index in [0.29, 0.717) is 31.1 Å². The van der Waals surface area contributed by atoms with Crippen LogP contribution in [0.15, 0.2) is 10.9 Å². The summed E-state index contributed by atoms with van der Waals surface area (Å²) in [6.45, 7) is 7.89. The van der Waals surface area contributed by atoms with E-state index in [9.17, 15) is 9.59 Å². The van der Waals surface area contributed by atoms with Gasteiger partial charge in [-0.05, 0) is 51.7 Å². The Bertz CT molecular complexity index is 562. The van der Waals surface area contributed by atoms with Gasteiger partial charge in [0.25, 0.3) is 5.56 Å². The Hall–Kier alpha value is -1.69. The van der Waals surface area contributed by atoms with E-state index < -0.39 is 0 Å². The molecule has 2 rings (SSSR count). The van der Waals surface area contributed by atoms with Gasteiger partial charge in [0.15, 0.2) is 0 Å². The molecule has 0 unspecified atom stereocenters. The molecule has 0 bridgehead atoms. The van der Waals surface area contributed by atoms with Gasteiger partial charge in [0.2, 0.25) is 5.91 Å². The zero-order valence-corrected chi connectivity index (χ0v) is 14.2. The maximum Gasteiger partial charge on any atom is 0.251 e. The number of aromatic nitrogens is 2. The summed E-state index contributed by atoms with van der Waals surface area (Å²) in [6.07, 6.45) is 4.62. The summed E-state index contributed by atoms with van der Waals surface area (Å²) in [5, 5.41) is 2.95. The van der Waals surface area contributed by atoms with Gasteiger partial charge >= 0.3 is 0 Å². The van der Waals surface area contributed by atoms with Crippen molar-refractivity contribution in [3.8, 4) is 0 Å². The van der Waals surface area contributed by atoms with Crippen molar-refractivity contribution in [3.63, 3.8) is 0 Å². The molecule has 1 aliphatic heterocycles. The topological polar surface area (TPSA) is 78.1 Å². The number of carbonyl (C=O) groups is 1. The van der Waals surface area contributed by atoms with Gasteiger partial charge in [-0.25, -0.2) is 4.98 Å². The average Bonchev–Trinajstić information content (AvgIpc) is 2.48. The van der Waals surface area contributed by atoms with Crippen molar-refractivity contribution in [1.82, 2.24) is 20.2 Å². The molecule has 1 fully saturated rings. The van der Waals surface area contributed by atoms with Crippen LogP contribution in [-0.4, -0.2) is 47.0 Å². The molecule has 2 N–H and O–H groups in total. The molecule has 0 aliphatic carbocycles. The Morgan fingerprint density at radius 2 is 2.17 bits per heavy atom. The van der Waals surface area contributed by atoms with Crippen LogP contribution in [0.5, 0.6) is 0 Å². The van der Waals surface area contributed by atoms with E-state index in [0.717, 1.165) is 31.6 Å². The first-order chi connectivity index (χ1) is 11.1. The smallest absolute Gasteiger partial charge is 0.251 e. The SMILES string of the molecule is CCCN1CCC(CC(=O)NCCc2cc(=O)[nH]c(C)n2)CC1. The number of hydrogen-bond acceptors (Lipinski definition) is 4. The normalized spacial score (nSPS) is 16.4. The molecule has 2 heterocycles. The second-order valence-electron chi connectivity index (χ2n) is 6.41. The molecule has 1 amide bonds. The number of aromatic amines is 1. The van der Waals surface area contributed by atoms with E-state index in [1.807, 2.05) is 0 Å². The molecule has 0 saturated carbocycles. The van der Waals surface area contributed by atoms with E-state index in [4.69, 9.17) is 0 Å². The Labute approximate surface area is 137 Å². The van der Waals surface area contributed by atoms with Crippen molar-refractivity contribution in [3.05, 3.63) is 27.9 Å². The van der Waals surface area contributed by atoms with E-state index in [2.05, 4.69) is 27.1 Å². The predicted octanol–water partition coefficient (Wildman–Crippen LogP) is 1.25. The molecule has 0 atom stereocenters. The Balaban J connectivity index is 1.66. The van der Waals surface area contributed by atoms with Crippen molar-refractivity contribution in [2.24, 2.45) is 5.92 Å². The van der Waals surface area contributed by atoms with E-state index >= 15 is 0 Å². The molecular formula is C17H28N4O2. The molecule has 1 aromatic heterocycles. The lowest BCUT2D eigenvalue weighted by Gasteiger charge is -2.31. The quantitative estimate of drug-likeness (QED) is 0.792. The second-order valence-corrected chi connectivity index (χ2v) is 6.41. The molecule has 128 valence electrons. The molecule has 1 saturated heterocycles. The lowest BCUT2D eigenvalue weighted by Crippen LogP contribution is -2.36. The molecule has 23 heavy (non-hydrogen) atoms. The highest BCUT2D eigenvalue weighted by Gasteiger charge is 2.20. The first-order valence-corrected chi connectivity index (χ1v) is 8.62. The summed E-state index contributed by atoms with van der Waals surface area (Å²) < 4.78 is 0. The van der Waals surface area contributed by atoms with Gasteiger partial charge in [-0.15, -0.1) is 0 Å². The molecule has 6 nitrogen and oxygen atoms in total. The zero-order chi connectivity index (χ0) is 16.7. The first kappa shape index (κ1) is 17.7. The highest BCUT2D eigenvalue weighted by molar-refractivity contribution is 5.76. The number of H-pyrrole nitrogens is 1. The van der Waals surface area contributed by atoms with Gasteiger partial charge in [-0.3, -0.25) is 9.59 Å². The van der Waals surface area contributed by atoms with Gasteiger partial charge in [0, 0.05) is 31.1 Å². The molecular weight excluding hydrogens is 292 g/mol. The zero-order valence-electron chi connectivity index (χ0n) is 14.2. The number of likely N-dealkylation sites (tertiary alicyclic amines) is 1. The van der Waals surface area contributed by atoms with Crippen LogP contribution in [0.4, 0.5) is 0 Å². The summed E-state index contributed by atoms with van der Waals surface area (Å²) in [6, 6.07) is 1.49. The van der Waals surface area contributed by atoms with Gasteiger partial charge in [0.05, 0.1) is 0 Å². The Morgan fingerprint density at radius 1 is 1.43 bits per heavy atom. The molecule has 1 aromatic rings.